The average molecular weight is 379 g/mol. The van der Waals surface area contributed by atoms with E-state index in [9.17, 15) is 4.79 Å². The lowest BCUT2D eigenvalue weighted by atomic mass is 10.00. The lowest BCUT2D eigenvalue weighted by Crippen LogP contribution is -2.38. The molecule has 0 N–H and O–H groups in total. The maximum atomic E-state index is 12.7. The van der Waals surface area contributed by atoms with Gasteiger partial charge in [0.1, 0.15) is 18.0 Å². The third kappa shape index (κ3) is 8.21. The largest absolute Gasteiger partial charge is 0.492 e. The smallest absolute Gasteiger partial charge is 0.414 e. The number of carbonyl (C=O) groups is 1. The summed E-state index contributed by atoms with van der Waals surface area (Å²) in [7, 11) is 4.08. The number of hydrogen-bond acceptors (Lipinski definition) is 4. The third-order valence-corrected chi connectivity index (χ3v) is 4.31. The molecule has 0 aromatic carbocycles. The van der Waals surface area contributed by atoms with E-state index in [1.54, 1.807) is 4.90 Å². The SMILES string of the molecule is C=C(C1=CC(OCC(C)N(C)C)=CCC1)N(CC(C)C)C(=O)OC(C)(C)C. The summed E-state index contributed by atoms with van der Waals surface area (Å²) in [6, 6.07) is 0.326. The van der Waals surface area contributed by atoms with Gasteiger partial charge >= 0.3 is 6.09 Å². The first kappa shape index (κ1) is 23.3. The second-order valence-electron chi connectivity index (χ2n) is 8.87. The van der Waals surface area contributed by atoms with Crippen molar-refractivity contribution in [2.75, 3.05) is 27.2 Å². The fourth-order valence-corrected chi connectivity index (χ4v) is 2.52. The molecule has 0 saturated heterocycles. The van der Waals surface area contributed by atoms with Gasteiger partial charge in [0.05, 0.1) is 0 Å². The highest BCUT2D eigenvalue weighted by atomic mass is 16.6. The zero-order chi connectivity index (χ0) is 20.8. The van der Waals surface area contributed by atoms with Crippen LogP contribution in [-0.4, -0.2) is 54.8 Å². The molecule has 1 aliphatic rings. The predicted octanol–water partition coefficient (Wildman–Crippen LogP) is 4.96. The molecule has 0 aromatic heterocycles. The number of ether oxygens (including phenoxy) is 2. The van der Waals surface area contributed by atoms with Gasteiger partial charge in [-0.3, -0.25) is 4.90 Å². The van der Waals surface area contributed by atoms with Gasteiger partial charge < -0.3 is 14.4 Å². The molecule has 5 nitrogen and oxygen atoms in total. The number of nitrogens with zero attached hydrogens (tertiary/aromatic N) is 2. The lowest BCUT2D eigenvalue weighted by Gasteiger charge is -2.31. The Bertz CT molecular complexity index is 583. The van der Waals surface area contributed by atoms with Gasteiger partial charge in [-0.05, 0) is 78.3 Å². The van der Waals surface area contributed by atoms with E-state index in [2.05, 4.69) is 38.3 Å². The molecule has 0 spiro atoms. The van der Waals surface area contributed by atoms with Crippen molar-refractivity contribution in [2.45, 2.75) is 66.0 Å². The predicted molar refractivity (Wildman–Crippen MR) is 111 cm³/mol. The van der Waals surface area contributed by atoms with Gasteiger partial charge in [-0.2, -0.15) is 0 Å². The Morgan fingerprint density at radius 1 is 1.26 bits per heavy atom. The van der Waals surface area contributed by atoms with E-state index in [1.807, 2.05) is 40.9 Å². The van der Waals surface area contributed by atoms with Crippen LogP contribution in [-0.2, 0) is 9.47 Å². The minimum Gasteiger partial charge on any atom is -0.492 e. The van der Waals surface area contributed by atoms with Crippen LogP contribution in [0.2, 0.25) is 0 Å². The fraction of sp³-hybridized carbons (Fsp3) is 0.682. The molecule has 0 bridgehead atoms. The highest BCUT2D eigenvalue weighted by molar-refractivity contribution is 5.71. The van der Waals surface area contributed by atoms with Gasteiger partial charge in [0.15, 0.2) is 0 Å². The number of amides is 1. The van der Waals surface area contributed by atoms with E-state index in [4.69, 9.17) is 9.47 Å². The Morgan fingerprint density at radius 3 is 2.41 bits per heavy atom. The number of likely N-dealkylation sites (N-methyl/N-ethyl adjacent to an activating group) is 1. The van der Waals surface area contributed by atoms with Gasteiger partial charge in [0, 0.05) is 18.3 Å². The van der Waals surface area contributed by atoms with E-state index in [-0.39, 0.29) is 6.09 Å². The normalized spacial score (nSPS) is 15.9. The molecule has 1 unspecified atom stereocenters. The van der Waals surface area contributed by atoms with Crippen molar-refractivity contribution in [1.29, 1.82) is 0 Å². The van der Waals surface area contributed by atoms with Crippen LogP contribution in [0.4, 0.5) is 4.79 Å². The van der Waals surface area contributed by atoms with Crippen LogP contribution in [0, 0.1) is 5.92 Å². The molecule has 1 rings (SSSR count). The first-order valence-corrected chi connectivity index (χ1v) is 9.80. The van der Waals surface area contributed by atoms with Gasteiger partial charge in [0.25, 0.3) is 0 Å². The second kappa shape index (κ2) is 9.98. The Morgan fingerprint density at radius 2 is 1.89 bits per heavy atom. The van der Waals surface area contributed by atoms with Crippen molar-refractivity contribution in [3.05, 3.63) is 35.8 Å². The summed E-state index contributed by atoms with van der Waals surface area (Å²) >= 11 is 0. The Labute approximate surface area is 165 Å². The summed E-state index contributed by atoms with van der Waals surface area (Å²) < 4.78 is 11.5. The van der Waals surface area contributed by atoms with Crippen LogP contribution in [0.5, 0.6) is 0 Å². The molecule has 0 aliphatic heterocycles. The fourth-order valence-electron chi connectivity index (χ4n) is 2.52. The molecule has 154 valence electrons. The van der Waals surface area contributed by atoms with Crippen molar-refractivity contribution in [2.24, 2.45) is 5.92 Å². The Balaban J connectivity index is 2.90. The van der Waals surface area contributed by atoms with E-state index in [0.29, 0.717) is 30.8 Å². The quantitative estimate of drug-likeness (QED) is 0.598. The minimum atomic E-state index is -0.538. The molecule has 1 amide bonds. The van der Waals surface area contributed by atoms with Crippen molar-refractivity contribution in [3.63, 3.8) is 0 Å². The van der Waals surface area contributed by atoms with E-state index in [1.165, 1.54) is 0 Å². The standard InChI is InChI=1S/C22H38N2O3/c1-16(2)14-24(21(25)27-22(5,6)7)18(4)19-11-10-12-20(13-19)26-15-17(3)23(8)9/h12-13,16-17H,4,10-11,14-15H2,1-3,5-9H3. The summed E-state index contributed by atoms with van der Waals surface area (Å²) in [5.41, 5.74) is 1.19. The lowest BCUT2D eigenvalue weighted by molar-refractivity contribution is 0.0300. The summed E-state index contributed by atoms with van der Waals surface area (Å²) in [5.74, 6) is 1.16. The van der Waals surface area contributed by atoms with Crippen LogP contribution in [0.1, 0.15) is 54.4 Å². The first-order chi connectivity index (χ1) is 12.4. The van der Waals surface area contributed by atoms with Crippen LogP contribution < -0.4 is 0 Å². The van der Waals surface area contributed by atoms with Crippen molar-refractivity contribution in [3.8, 4) is 0 Å². The molecule has 0 saturated carbocycles. The number of hydrogen-bond donors (Lipinski definition) is 0. The van der Waals surface area contributed by atoms with E-state index < -0.39 is 5.60 Å². The number of rotatable bonds is 8. The maximum Gasteiger partial charge on any atom is 0.414 e. The molecule has 0 heterocycles. The van der Waals surface area contributed by atoms with Crippen molar-refractivity contribution >= 4 is 6.09 Å². The summed E-state index contributed by atoms with van der Waals surface area (Å²) in [5, 5.41) is 0. The molecular weight excluding hydrogens is 340 g/mol. The monoisotopic (exact) mass is 378 g/mol. The van der Waals surface area contributed by atoms with Gasteiger partial charge in [-0.15, -0.1) is 0 Å². The third-order valence-electron chi connectivity index (χ3n) is 4.31. The van der Waals surface area contributed by atoms with Crippen molar-refractivity contribution < 1.29 is 14.3 Å². The molecule has 5 heteroatoms. The average Bonchev–Trinajstić information content (AvgIpc) is 2.55. The topological polar surface area (TPSA) is 42.0 Å². The second-order valence-corrected chi connectivity index (χ2v) is 8.87. The van der Waals surface area contributed by atoms with Gasteiger partial charge in [-0.25, -0.2) is 4.79 Å². The number of carbonyl (C=O) groups excluding carboxylic acids is 1. The van der Waals surface area contributed by atoms with Crippen LogP contribution in [0.15, 0.2) is 35.8 Å². The molecule has 0 fully saturated rings. The maximum absolute atomic E-state index is 12.7. The number of allylic oxidation sites excluding steroid dienone is 3. The molecular formula is C22H38N2O3. The minimum absolute atomic E-state index is 0.311. The zero-order valence-electron chi connectivity index (χ0n) is 18.5. The van der Waals surface area contributed by atoms with Gasteiger partial charge in [-0.1, -0.05) is 20.4 Å². The van der Waals surface area contributed by atoms with E-state index in [0.717, 1.165) is 24.2 Å². The molecule has 0 radical (unpaired) electrons. The Kier molecular flexibility index (Phi) is 8.60. The molecule has 0 aromatic rings. The van der Waals surface area contributed by atoms with Crippen LogP contribution in [0.25, 0.3) is 0 Å². The Hall–Kier alpha value is -1.75. The van der Waals surface area contributed by atoms with E-state index >= 15 is 0 Å². The molecule has 27 heavy (non-hydrogen) atoms. The van der Waals surface area contributed by atoms with Gasteiger partial charge in [0.2, 0.25) is 0 Å². The summed E-state index contributed by atoms with van der Waals surface area (Å²) in [4.78, 5) is 16.5. The summed E-state index contributed by atoms with van der Waals surface area (Å²) in [6.45, 7) is 17.3. The molecule has 1 atom stereocenters. The molecule has 1 aliphatic carbocycles. The van der Waals surface area contributed by atoms with Crippen LogP contribution >= 0.6 is 0 Å². The highest BCUT2D eigenvalue weighted by Gasteiger charge is 2.26. The summed E-state index contributed by atoms with van der Waals surface area (Å²) in [6.07, 6.45) is 5.47. The highest BCUT2D eigenvalue weighted by Crippen LogP contribution is 2.27. The van der Waals surface area contributed by atoms with Crippen molar-refractivity contribution in [1.82, 2.24) is 9.80 Å². The van der Waals surface area contributed by atoms with Crippen LogP contribution in [0.3, 0.4) is 0 Å². The zero-order valence-corrected chi connectivity index (χ0v) is 18.5. The first-order valence-electron chi connectivity index (χ1n) is 9.80.